The molecule has 1 aliphatic heterocycles. The molecule has 0 spiro atoms. The van der Waals surface area contributed by atoms with Gasteiger partial charge in [0, 0.05) is 37.6 Å². The zero-order chi connectivity index (χ0) is 14.5. The number of nitrogens with zero attached hydrogens (tertiary/aromatic N) is 3. The summed E-state index contributed by atoms with van der Waals surface area (Å²) < 4.78 is 0. The molecule has 4 heteroatoms. The fraction of sp³-hybridized carbons (Fsp3) is 0.688. The summed E-state index contributed by atoms with van der Waals surface area (Å²) >= 11 is 0. The maximum absolute atomic E-state index is 6.39. The number of pyridine rings is 1. The standard InChI is InChI=1S/C16H28N4/c1-4-15(17)16(13-6-5-9-18-12-13)20-10-7-14(8-11-20)19(2)3/h5-6,9,12,14-16H,4,7-8,10-11,17H2,1-3H3. The Labute approximate surface area is 123 Å². The molecule has 0 amide bonds. The van der Waals surface area contributed by atoms with Crippen LogP contribution < -0.4 is 5.73 Å². The molecule has 2 heterocycles. The molecule has 20 heavy (non-hydrogen) atoms. The number of hydrogen-bond donors (Lipinski definition) is 1. The molecular formula is C16H28N4. The topological polar surface area (TPSA) is 45.4 Å². The lowest BCUT2D eigenvalue weighted by Crippen LogP contribution is -2.48. The average molecular weight is 276 g/mol. The van der Waals surface area contributed by atoms with E-state index in [0.717, 1.165) is 19.5 Å². The Bertz CT molecular complexity index is 385. The predicted octanol–water partition coefficient (Wildman–Crippen LogP) is 1.89. The molecule has 0 saturated carbocycles. The maximum atomic E-state index is 6.39. The summed E-state index contributed by atoms with van der Waals surface area (Å²) in [7, 11) is 4.35. The van der Waals surface area contributed by atoms with Gasteiger partial charge in [-0.15, -0.1) is 0 Å². The number of piperidine rings is 1. The fourth-order valence-corrected chi connectivity index (χ4v) is 3.18. The van der Waals surface area contributed by atoms with Crippen molar-refractivity contribution in [1.29, 1.82) is 0 Å². The molecule has 0 bridgehead atoms. The van der Waals surface area contributed by atoms with E-state index in [1.807, 2.05) is 18.5 Å². The number of nitrogens with two attached hydrogens (primary N) is 1. The zero-order valence-corrected chi connectivity index (χ0v) is 13.0. The van der Waals surface area contributed by atoms with E-state index < -0.39 is 0 Å². The summed E-state index contributed by atoms with van der Waals surface area (Å²) in [5.74, 6) is 0. The van der Waals surface area contributed by atoms with Crippen LogP contribution in [0.2, 0.25) is 0 Å². The second kappa shape index (κ2) is 7.16. The van der Waals surface area contributed by atoms with Gasteiger partial charge in [0.1, 0.15) is 0 Å². The molecule has 0 aromatic carbocycles. The minimum atomic E-state index is 0.176. The largest absolute Gasteiger partial charge is 0.326 e. The molecule has 1 aromatic heterocycles. The van der Waals surface area contributed by atoms with Gasteiger partial charge in [0.25, 0.3) is 0 Å². The molecule has 112 valence electrons. The first-order chi connectivity index (χ1) is 9.63. The van der Waals surface area contributed by atoms with Crippen LogP contribution in [0.15, 0.2) is 24.5 Å². The molecule has 0 aliphatic carbocycles. The van der Waals surface area contributed by atoms with Gasteiger partial charge in [-0.1, -0.05) is 13.0 Å². The first-order valence-electron chi connectivity index (χ1n) is 7.69. The number of aromatic nitrogens is 1. The van der Waals surface area contributed by atoms with Crippen LogP contribution in [0.3, 0.4) is 0 Å². The van der Waals surface area contributed by atoms with Crippen molar-refractivity contribution in [2.45, 2.75) is 44.3 Å². The molecule has 2 atom stereocenters. The maximum Gasteiger partial charge on any atom is 0.0514 e. The first-order valence-corrected chi connectivity index (χ1v) is 7.69. The van der Waals surface area contributed by atoms with Crippen molar-refractivity contribution in [2.75, 3.05) is 27.2 Å². The van der Waals surface area contributed by atoms with Gasteiger partial charge < -0.3 is 10.6 Å². The van der Waals surface area contributed by atoms with E-state index >= 15 is 0 Å². The molecule has 4 nitrogen and oxygen atoms in total. The van der Waals surface area contributed by atoms with Gasteiger partial charge in [-0.2, -0.15) is 0 Å². The number of hydrogen-bond acceptors (Lipinski definition) is 4. The summed E-state index contributed by atoms with van der Waals surface area (Å²) in [5.41, 5.74) is 7.65. The third kappa shape index (κ3) is 3.57. The van der Waals surface area contributed by atoms with Crippen LogP contribution in [0.25, 0.3) is 0 Å². The highest BCUT2D eigenvalue weighted by molar-refractivity contribution is 5.16. The average Bonchev–Trinajstić information content (AvgIpc) is 2.49. The van der Waals surface area contributed by atoms with Gasteiger partial charge in [-0.25, -0.2) is 0 Å². The van der Waals surface area contributed by atoms with Crippen molar-refractivity contribution in [3.63, 3.8) is 0 Å². The van der Waals surface area contributed by atoms with Crippen LogP contribution >= 0.6 is 0 Å². The van der Waals surface area contributed by atoms with E-state index in [4.69, 9.17) is 5.73 Å². The quantitative estimate of drug-likeness (QED) is 0.892. The summed E-state index contributed by atoms with van der Waals surface area (Å²) in [6, 6.07) is 5.35. The van der Waals surface area contributed by atoms with Crippen LogP contribution in [0.1, 0.15) is 37.8 Å². The molecule has 2 unspecified atom stereocenters. The Hall–Kier alpha value is -0.970. The fourth-order valence-electron chi connectivity index (χ4n) is 3.18. The van der Waals surface area contributed by atoms with Gasteiger partial charge >= 0.3 is 0 Å². The van der Waals surface area contributed by atoms with Crippen LogP contribution in [0, 0.1) is 0 Å². The lowest BCUT2D eigenvalue weighted by Gasteiger charge is -2.41. The molecule has 2 N–H and O–H groups in total. The van der Waals surface area contributed by atoms with E-state index in [1.54, 1.807) is 0 Å². The summed E-state index contributed by atoms with van der Waals surface area (Å²) in [4.78, 5) is 9.16. The Balaban J connectivity index is 2.09. The van der Waals surface area contributed by atoms with Crippen molar-refractivity contribution in [2.24, 2.45) is 5.73 Å². The highest BCUT2D eigenvalue weighted by Crippen LogP contribution is 2.28. The number of likely N-dealkylation sites (tertiary alicyclic amines) is 1. The molecule has 2 rings (SSSR count). The Morgan fingerprint density at radius 3 is 2.60 bits per heavy atom. The van der Waals surface area contributed by atoms with Gasteiger partial charge in [-0.3, -0.25) is 9.88 Å². The van der Waals surface area contributed by atoms with Crippen LogP contribution in [-0.4, -0.2) is 54.1 Å². The highest BCUT2D eigenvalue weighted by Gasteiger charge is 2.30. The Morgan fingerprint density at radius 1 is 1.40 bits per heavy atom. The summed E-state index contributed by atoms with van der Waals surface area (Å²) in [6.45, 7) is 4.41. The van der Waals surface area contributed by atoms with Gasteiger partial charge in [0.2, 0.25) is 0 Å². The summed E-state index contributed by atoms with van der Waals surface area (Å²) in [6.07, 6.45) is 7.24. The second-order valence-corrected chi connectivity index (χ2v) is 6.03. The molecule has 1 aliphatic rings. The second-order valence-electron chi connectivity index (χ2n) is 6.03. The molecule has 1 aromatic rings. The van der Waals surface area contributed by atoms with Crippen molar-refractivity contribution in [3.8, 4) is 0 Å². The lowest BCUT2D eigenvalue weighted by atomic mass is 9.94. The normalized spacial score (nSPS) is 21.1. The predicted molar refractivity (Wildman–Crippen MR) is 83.5 cm³/mol. The van der Waals surface area contributed by atoms with E-state index in [9.17, 15) is 0 Å². The molecule has 0 radical (unpaired) electrons. The van der Waals surface area contributed by atoms with Gasteiger partial charge in [0.15, 0.2) is 0 Å². The van der Waals surface area contributed by atoms with E-state index in [1.165, 1.54) is 18.4 Å². The zero-order valence-electron chi connectivity index (χ0n) is 13.0. The van der Waals surface area contributed by atoms with E-state index in [2.05, 4.69) is 41.9 Å². The van der Waals surface area contributed by atoms with Crippen molar-refractivity contribution >= 4 is 0 Å². The van der Waals surface area contributed by atoms with Crippen molar-refractivity contribution in [1.82, 2.24) is 14.8 Å². The van der Waals surface area contributed by atoms with Crippen molar-refractivity contribution in [3.05, 3.63) is 30.1 Å². The number of rotatable bonds is 5. The van der Waals surface area contributed by atoms with Gasteiger partial charge in [-0.05, 0) is 45.0 Å². The Morgan fingerprint density at radius 2 is 2.10 bits per heavy atom. The SMILES string of the molecule is CCC(N)C(c1cccnc1)N1CCC(N(C)C)CC1. The third-order valence-electron chi connectivity index (χ3n) is 4.53. The smallest absolute Gasteiger partial charge is 0.0514 e. The van der Waals surface area contributed by atoms with Crippen LogP contribution in [0.4, 0.5) is 0 Å². The van der Waals surface area contributed by atoms with Crippen LogP contribution in [-0.2, 0) is 0 Å². The van der Waals surface area contributed by atoms with Crippen LogP contribution in [0.5, 0.6) is 0 Å². The summed E-state index contributed by atoms with van der Waals surface area (Å²) in [5, 5.41) is 0. The molecular weight excluding hydrogens is 248 g/mol. The Kier molecular flexibility index (Phi) is 5.52. The van der Waals surface area contributed by atoms with Gasteiger partial charge in [0.05, 0.1) is 6.04 Å². The highest BCUT2D eigenvalue weighted by atomic mass is 15.2. The van der Waals surface area contributed by atoms with E-state index in [-0.39, 0.29) is 6.04 Å². The minimum absolute atomic E-state index is 0.176. The lowest BCUT2D eigenvalue weighted by molar-refractivity contribution is 0.0947. The third-order valence-corrected chi connectivity index (χ3v) is 4.53. The minimum Gasteiger partial charge on any atom is -0.326 e. The monoisotopic (exact) mass is 276 g/mol. The molecule has 1 saturated heterocycles. The van der Waals surface area contributed by atoms with Crippen molar-refractivity contribution < 1.29 is 0 Å². The first kappa shape index (κ1) is 15.4. The van der Waals surface area contributed by atoms with E-state index in [0.29, 0.717) is 12.1 Å². The molecule has 1 fully saturated rings.